The first kappa shape index (κ1) is 15.5. The zero-order chi connectivity index (χ0) is 15.4. The number of carboxylic acids is 1. The number of carboxylic acid groups (broad SMARTS) is 1. The molecule has 0 saturated carbocycles. The highest BCUT2D eigenvalue weighted by Gasteiger charge is 2.13. The minimum Gasteiger partial charge on any atom is -0.481 e. The number of rotatable bonds is 7. The van der Waals surface area contributed by atoms with Crippen molar-refractivity contribution in [2.75, 3.05) is 6.54 Å². The van der Waals surface area contributed by atoms with E-state index in [1.165, 1.54) is 0 Å². The summed E-state index contributed by atoms with van der Waals surface area (Å²) < 4.78 is 2.04. The topological polar surface area (TPSA) is 57.8 Å². The van der Waals surface area contributed by atoms with E-state index in [9.17, 15) is 4.79 Å². The Morgan fingerprint density at radius 3 is 2.86 bits per heavy atom. The molecule has 5 nitrogen and oxygen atoms in total. The molecule has 5 heteroatoms. The summed E-state index contributed by atoms with van der Waals surface area (Å²) in [5, 5.41) is 8.75. The van der Waals surface area contributed by atoms with Crippen molar-refractivity contribution < 1.29 is 9.90 Å². The number of aryl methyl sites for hydroxylation is 1. The summed E-state index contributed by atoms with van der Waals surface area (Å²) >= 11 is 0. The van der Waals surface area contributed by atoms with Crippen LogP contribution in [0.5, 0.6) is 0 Å². The summed E-state index contributed by atoms with van der Waals surface area (Å²) in [5.41, 5.74) is 3.17. The van der Waals surface area contributed by atoms with Crippen molar-refractivity contribution in [2.24, 2.45) is 0 Å². The number of carbonyl (C=O) groups is 1. The monoisotopic (exact) mass is 289 g/mol. The Bertz CT molecular complexity index is 619. The van der Waals surface area contributed by atoms with Gasteiger partial charge in [-0.05, 0) is 45.4 Å². The van der Waals surface area contributed by atoms with Crippen molar-refractivity contribution >= 4 is 11.6 Å². The molecule has 0 unspecified atom stereocenters. The molecule has 0 spiro atoms. The van der Waals surface area contributed by atoms with Gasteiger partial charge in [-0.2, -0.15) is 0 Å². The zero-order valence-electron chi connectivity index (χ0n) is 12.9. The van der Waals surface area contributed by atoms with Gasteiger partial charge in [0.05, 0.1) is 5.69 Å². The van der Waals surface area contributed by atoms with Gasteiger partial charge >= 0.3 is 5.97 Å². The maximum atomic E-state index is 10.6. The molecule has 0 bridgehead atoms. The lowest BCUT2D eigenvalue weighted by Gasteiger charge is -2.25. The molecular formula is C16H23N3O2. The molecular weight excluding hydrogens is 266 g/mol. The number of aromatic nitrogens is 2. The lowest BCUT2D eigenvalue weighted by molar-refractivity contribution is -0.137. The lowest BCUT2D eigenvalue weighted by atomic mass is 10.2. The average Bonchev–Trinajstić information content (AvgIpc) is 2.81. The molecule has 114 valence electrons. The average molecular weight is 289 g/mol. The number of hydrogen-bond acceptors (Lipinski definition) is 3. The van der Waals surface area contributed by atoms with Gasteiger partial charge in [-0.15, -0.1) is 0 Å². The normalized spacial score (nSPS) is 11.7. The molecule has 2 aromatic rings. The Morgan fingerprint density at radius 2 is 2.24 bits per heavy atom. The Morgan fingerprint density at radius 1 is 1.48 bits per heavy atom. The van der Waals surface area contributed by atoms with Gasteiger partial charge in [0.1, 0.15) is 5.65 Å². The van der Waals surface area contributed by atoms with Crippen molar-refractivity contribution in [3.05, 3.63) is 35.8 Å². The minimum absolute atomic E-state index is 0.216. The van der Waals surface area contributed by atoms with E-state index in [2.05, 4.69) is 42.9 Å². The summed E-state index contributed by atoms with van der Waals surface area (Å²) in [5.74, 6) is -0.734. The van der Waals surface area contributed by atoms with Crippen LogP contribution in [-0.4, -0.2) is 37.9 Å². The molecule has 0 aliphatic carbocycles. The highest BCUT2D eigenvalue weighted by Crippen LogP contribution is 2.13. The standard InChI is InChI=1S/C16H23N3O2/c1-12(2)18(8-5-7-15(20)21)10-14-11-19-9-4-6-13(3)16(19)17-14/h4,6,9,11-12H,5,7-8,10H2,1-3H3,(H,20,21). The summed E-state index contributed by atoms with van der Waals surface area (Å²) in [6, 6.07) is 4.43. The van der Waals surface area contributed by atoms with Crippen LogP contribution >= 0.6 is 0 Å². The third-order valence-corrected chi connectivity index (χ3v) is 3.66. The first-order chi connectivity index (χ1) is 9.97. The van der Waals surface area contributed by atoms with Crippen LogP contribution in [0.3, 0.4) is 0 Å². The Kier molecular flexibility index (Phi) is 4.96. The molecule has 2 aromatic heterocycles. The predicted octanol–water partition coefficient (Wildman–Crippen LogP) is 2.72. The fraction of sp³-hybridized carbons (Fsp3) is 0.500. The highest BCUT2D eigenvalue weighted by atomic mass is 16.4. The number of imidazole rings is 1. The second kappa shape index (κ2) is 6.72. The fourth-order valence-corrected chi connectivity index (χ4v) is 2.44. The molecule has 0 aromatic carbocycles. The second-order valence-electron chi connectivity index (χ2n) is 5.72. The van der Waals surface area contributed by atoms with Crippen molar-refractivity contribution in [3.63, 3.8) is 0 Å². The predicted molar refractivity (Wildman–Crippen MR) is 82.3 cm³/mol. The van der Waals surface area contributed by atoms with E-state index in [0.29, 0.717) is 12.5 Å². The van der Waals surface area contributed by atoms with Gasteiger partial charge in [0, 0.05) is 31.4 Å². The van der Waals surface area contributed by atoms with Gasteiger partial charge in [-0.25, -0.2) is 4.98 Å². The summed E-state index contributed by atoms with van der Waals surface area (Å²) in [4.78, 5) is 17.6. The summed E-state index contributed by atoms with van der Waals surface area (Å²) in [6.45, 7) is 7.83. The van der Waals surface area contributed by atoms with Crippen LogP contribution in [0.1, 0.15) is 37.9 Å². The summed E-state index contributed by atoms with van der Waals surface area (Å²) in [6.07, 6.45) is 4.94. The van der Waals surface area contributed by atoms with Crippen LogP contribution in [-0.2, 0) is 11.3 Å². The maximum Gasteiger partial charge on any atom is 0.303 e. The molecule has 2 rings (SSSR count). The molecule has 0 radical (unpaired) electrons. The van der Waals surface area contributed by atoms with E-state index in [4.69, 9.17) is 5.11 Å². The van der Waals surface area contributed by atoms with E-state index in [1.807, 2.05) is 16.7 Å². The van der Waals surface area contributed by atoms with Gasteiger partial charge in [0.15, 0.2) is 0 Å². The molecule has 21 heavy (non-hydrogen) atoms. The van der Waals surface area contributed by atoms with Crippen molar-refractivity contribution in [1.29, 1.82) is 0 Å². The van der Waals surface area contributed by atoms with Crippen LogP contribution in [0.2, 0.25) is 0 Å². The van der Waals surface area contributed by atoms with Gasteiger partial charge in [0.25, 0.3) is 0 Å². The van der Waals surface area contributed by atoms with E-state index < -0.39 is 5.97 Å². The fourth-order valence-electron chi connectivity index (χ4n) is 2.44. The van der Waals surface area contributed by atoms with Crippen molar-refractivity contribution in [3.8, 4) is 0 Å². The van der Waals surface area contributed by atoms with Gasteiger partial charge in [-0.1, -0.05) is 6.07 Å². The molecule has 0 aliphatic heterocycles. The third-order valence-electron chi connectivity index (χ3n) is 3.66. The highest BCUT2D eigenvalue weighted by molar-refractivity contribution is 5.66. The van der Waals surface area contributed by atoms with Crippen LogP contribution in [0.4, 0.5) is 0 Å². The molecule has 2 heterocycles. The quantitative estimate of drug-likeness (QED) is 0.851. The van der Waals surface area contributed by atoms with Gasteiger partial charge in [-0.3, -0.25) is 9.69 Å². The maximum absolute atomic E-state index is 10.6. The van der Waals surface area contributed by atoms with Gasteiger partial charge in [0.2, 0.25) is 0 Å². The number of fused-ring (bicyclic) bond motifs is 1. The van der Waals surface area contributed by atoms with E-state index in [0.717, 1.165) is 30.0 Å². The van der Waals surface area contributed by atoms with E-state index in [1.54, 1.807) is 0 Å². The molecule has 0 amide bonds. The molecule has 1 N–H and O–H groups in total. The van der Waals surface area contributed by atoms with E-state index >= 15 is 0 Å². The van der Waals surface area contributed by atoms with Crippen LogP contribution < -0.4 is 0 Å². The van der Waals surface area contributed by atoms with Crippen molar-refractivity contribution in [1.82, 2.24) is 14.3 Å². The SMILES string of the molecule is Cc1cccn2cc(CN(CCCC(=O)O)C(C)C)nc12. The molecule has 0 atom stereocenters. The first-order valence-corrected chi connectivity index (χ1v) is 7.36. The van der Waals surface area contributed by atoms with Gasteiger partial charge < -0.3 is 9.51 Å². The van der Waals surface area contributed by atoms with E-state index in [-0.39, 0.29) is 6.42 Å². The largest absolute Gasteiger partial charge is 0.481 e. The minimum atomic E-state index is -0.734. The van der Waals surface area contributed by atoms with Crippen molar-refractivity contribution in [2.45, 2.75) is 46.2 Å². The van der Waals surface area contributed by atoms with Crippen LogP contribution in [0, 0.1) is 6.92 Å². The number of hydrogen-bond donors (Lipinski definition) is 1. The summed E-state index contributed by atoms with van der Waals surface area (Å²) in [7, 11) is 0. The Labute approximate surface area is 125 Å². The molecule has 0 aliphatic rings. The number of nitrogens with zero attached hydrogens (tertiary/aromatic N) is 3. The first-order valence-electron chi connectivity index (χ1n) is 7.36. The van der Waals surface area contributed by atoms with Crippen LogP contribution in [0.15, 0.2) is 24.5 Å². The second-order valence-corrected chi connectivity index (χ2v) is 5.72. The Hall–Kier alpha value is -1.88. The van der Waals surface area contributed by atoms with Crippen LogP contribution in [0.25, 0.3) is 5.65 Å². The molecule has 0 saturated heterocycles. The third kappa shape index (κ3) is 4.04. The number of aliphatic carboxylic acids is 1. The Balaban J connectivity index is 2.07. The smallest absolute Gasteiger partial charge is 0.303 e. The lowest BCUT2D eigenvalue weighted by Crippen LogP contribution is -2.31. The molecule has 0 fully saturated rings. The number of pyridine rings is 1. The zero-order valence-corrected chi connectivity index (χ0v) is 12.9.